The molecule has 1 aliphatic rings. The average Bonchev–Trinajstić information content (AvgIpc) is 2.51. The second-order valence-electron chi connectivity index (χ2n) is 4.56. The summed E-state index contributed by atoms with van der Waals surface area (Å²) in [6.07, 6.45) is 1.80. The van der Waals surface area contributed by atoms with Crippen molar-refractivity contribution >= 4 is 18.1 Å². The molecule has 0 aliphatic carbocycles. The van der Waals surface area contributed by atoms with Crippen LogP contribution in [0.2, 0.25) is 0 Å². The van der Waals surface area contributed by atoms with E-state index in [-0.39, 0.29) is 6.17 Å². The molecule has 2 rings (SSSR count). The Kier molecular flexibility index (Phi) is 3.71. The van der Waals surface area contributed by atoms with Crippen LogP contribution in [0.5, 0.6) is 0 Å². The number of nitrogens with zero attached hydrogens (tertiary/aromatic N) is 3. The van der Waals surface area contributed by atoms with E-state index >= 15 is 0 Å². The number of likely N-dealkylation sites (N-methyl/N-ethyl adjacent to an activating group) is 3. The van der Waals surface area contributed by atoms with Crippen LogP contribution in [0, 0.1) is 0 Å². The third-order valence-electron chi connectivity index (χ3n) is 3.55. The predicted octanol–water partition coefficient (Wildman–Crippen LogP) is 2.13. The monoisotopic (exact) mass is 256 g/mol. The largest absolute Gasteiger partial charge is 0.353 e. The highest BCUT2D eigenvalue weighted by Crippen LogP contribution is 2.35. The van der Waals surface area contributed by atoms with Gasteiger partial charge in [0.15, 0.2) is 0 Å². The summed E-state index contributed by atoms with van der Waals surface area (Å²) in [5.41, 5.74) is 4.24. The van der Waals surface area contributed by atoms with E-state index in [1.165, 1.54) is 0 Å². The molecule has 0 saturated heterocycles. The minimum Gasteiger partial charge on any atom is -0.353 e. The van der Waals surface area contributed by atoms with Gasteiger partial charge < -0.3 is 9.80 Å². The van der Waals surface area contributed by atoms with Gasteiger partial charge in [-0.25, -0.2) is 0 Å². The Labute approximate surface area is 114 Å². The van der Waals surface area contributed by atoms with Crippen LogP contribution >= 0.6 is 0 Å². The highest BCUT2D eigenvalue weighted by molar-refractivity contribution is 5.77. The zero-order valence-corrected chi connectivity index (χ0v) is 11.7. The molecule has 1 unspecified atom stereocenters. The number of anilines is 1. The Hall–Kier alpha value is -2.07. The maximum Gasteiger partial charge on any atom is 0.122 e. The highest BCUT2D eigenvalue weighted by Gasteiger charge is 2.29. The van der Waals surface area contributed by atoms with Crippen molar-refractivity contribution in [1.29, 1.82) is 0 Å². The quantitative estimate of drug-likeness (QED) is 0.822. The van der Waals surface area contributed by atoms with Crippen molar-refractivity contribution in [2.45, 2.75) is 6.17 Å². The molecule has 1 aromatic carbocycles. The van der Waals surface area contributed by atoms with E-state index < -0.39 is 0 Å². The summed E-state index contributed by atoms with van der Waals surface area (Å²) in [6.45, 7) is 7.76. The summed E-state index contributed by atoms with van der Waals surface area (Å²) < 4.78 is 0. The highest BCUT2D eigenvalue weighted by atomic mass is 15.3. The SMILES string of the molecule is C=N/C=C1\C(NC)N(C)c2ccccc2C(=C)N1C. The molecular formula is C15H20N4. The van der Waals surface area contributed by atoms with Crippen LogP contribution in [0.4, 0.5) is 5.69 Å². The molecule has 0 amide bonds. The molecule has 1 atom stereocenters. The lowest BCUT2D eigenvalue weighted by atomic mass is 10.1. The number of rotatable bonds is 2. The summed E-state index contributed by atoms with van der Waals surface area (Å²) in [5.74, 6) is 0. The third-order valence-corrected chi connectivity index (χ3v) is 3.55. The maximum atomic E-state index is 4.20. The van der Waals surface area contributed by atoms with Crippen molar-refractivity contribution in [3.63, 3.8) is 0 Å². The molecule has 19 heavy (non-hydrogen) atoms. The molecule has 1 heterocycles. The summed E-state index contributed by atoms with van der Waals surface area (Å²) in [6, 6.07) is 8.25. The first-order valence-electron chi connectivity index (χ1n) is 6.19. The second-order valence-corrected chi connectivity index (χ2v) is 4.56. The minimum atomic E-state index is 0.0240. The molecule has 1 aromatic rings. The molecule has 4 heteroatoms. The average molecular weight is 256 g/mol. The van der Waals surface area contributed by atoms with Crippen molar-refractivity contribution in [3.05, 3.63) is 48.3 Å². The minimum absolute atomic E-state index is 0.0240. The number of nitrogens with one attached hydrogen (secondary N) is 1. The number of benzene rings is 1. The van der Waals surface area contributed by atoms with Gasteiger partial charge >= 0.3 is 0 Å². The molecule has 0 aromatic heterocycles. The molecule has 1 aliphatic heterocycles. The Morgan fingerprint density at radius 1 is 1.32 bits per heavy atom. The normalized spacial score (nSPS) is 21.3. The lowest BCUT2D eigenvalue weighted by molar-refractivity contribution is 0.487. The summed E-state index contributed by atoms with van der Waals surface area (Å²) >= 11 is 0. The Balaban J connectivity index is 2.63. The van der Waals surface area contributed by atoms with E-state index in [2.05, 4.69) is 52.6 Å². The lowest BCUT2D eigenvalue weighted by Gasteiger charge is -2.32. The fraction of sp³-hybridized carbons (Fsp3) is 0.267. The zero-order valence-electron chi connectivity index (χ0n) is 11.7. The second kappa shape index (κ2) is 5.28. The van der Waals surface area contributed by atoms with Gasteiger partial charge in [-0.3, -0.25) is 10.3 Å². The number of para-hydroxylation sites is 1. The molecule has 0 radical (unpaired) electrons. The van der Waals surface area contributed by atoms with Crippen LogP contribution in [-0.2, 0) is 0 Å². The van der Waals surface area contributed by atoms with Crippen LogP contribution in [0.3, 0.4) is 0 Å². The first-order valence-corrected chi connectivity index (χ1v) is 6.19. The van der Waals surface area contributed by atoms with Crippen LogP contribution in [-0.4, -0.2) is 38.9 Å². The van der Waals surface area contributed by atoms with Gasteiger partial charge in [-0.15, -0.1) is 0 Å². The van der Waals surface area contributed by atoms with Crippen LogP contribution < -0.4 is 10.2 Å². The number of fused-ring (bicyclic) bond motifs is 1. The molecule has 1 N–H and O–H groups in total. The molecule has 100 valence electrons. The van der Waals surface area contributed by atoms with Crippen LogP contribution in [0.25, 0.3) is 5.70 Å². The van der Waals surface area contributed by atoms with Gasteiger partial charge in [0, 0.05) is 37.2 Å². The summed E-state index contributed by atoms with van der Waals surface area (Å²) in [4.78, 5) is 8.16. The standard InChI is InChI=1S/C15H20N4/c1-11-12-8-6-7-9-13(12)19(5)15(17-3)14(10-16-2)18(11)4/h6-10,15,17H,1-2H2,3-5H3/b14-10+. The summed E-state index contributed by atoms with van der Waals surface area (Å²) in [7, 11) is 5.99. The Morgan fingerprint density at radius 2 is 2.00 bits per heavy atom. The topological polar surface area (TPSA) is 30.9 Å². The van der Waals surface area contributed by atoms with Crippen LogP contribution in [0.1, 0.15) is 5.56 Å². The summed E-state index contributed by atoms with van der Waals surface area (Å²) in [5, 5.41) is 3.31. The third kappa shape index (κ3) is 2.15. The van der Waals surface area contributed by atoms with Gasteiger partial charge in [0.2, 0.25) is 0 Å². The Morgan fingerprint density at radius 3 is 2.63 bits per heavy atom. The van der Waals surface area contributed by atoms with E-state index in [0.717, 1.165) is 22.6 Å². The van der Waals surface area contributed by atoms with E-state index in [4.69, 9.17) is 0 Å². The maximum absolute atomic E-state index is 4.20. The number of hydrogen-bond acceptors (Lipinski definition) is 4. The molecule has 0 bridgehead atoms. The molecule has 0 saturated carbocycles. The van der Waals surface area contributed by atoms with Gasteiger partial charge in [-0.1, -0.05) is 24.8 Å². The molecule has 4 nitrogen and oxygen atoms in total. The van der Waals surface area contributed by atoms with E-state index in [9.17, 15) is 0 Å². The predicted molar refractivity (Wildman–Crippen MR) is 82.1 cm³/mol. The molecule has 0 spiro atoms. The van der Waals surface area contributed by atoms with E-state index in [1.54, 1.807) is 6.20 Å². The van der Waals surface area contributed by atoms with Crippen molar-refractivity contribution in [3.8, 4) is 0 Å². The zero-order chi connectivity index (χ0) is 14.0. The Bertz CT molecular complexity index is 533. The van der Waals surface area contributed by atoms with Crippen molar-refractivity contribution < 1.29 is 0 Å². The lowest BCUT2D eigenvalue weighted by Crippen LogP contribution is -2.45. The van der Waals surface area contributed by atoms with Gasteiger partial charge in [0.25, 0.3) is 0 Å². The van der Waals surface area contributed by atoms with E-state index in [1.807, 2.05) is 26.2 Å². The van der Waals surface area contributed by atoms with Crippen molar-refractivity contribution in [1.82, 2.24) is 10.2 Å². The number of hydrogen-bond donors (Lipinski definition) is 1. The fourth-order valence-corrected chi connectivity index (χ4v) is 2.47. The smallest absolute Gasteiger partial charge is 0.122 e. The van der Waals surface area contributed by atoms with Crippen molar-refractivity contribution in [2.75, 3.05) is 26.0 Å². The van der Waals surface area contributed by atoms with Gasteiger partial charge in [0.1, 0.15) is 6.17 Å². The van der Waals surface area contributed by atoms with Gasteiger partial charge in [-0.2, -0.15) is 0 Å². The van der Waals surface area contributed by atoms with Gasteiger partial charge in [0.05, 0.1) is 5.70 Å². The first-order chi connectivity index (χ1) is 9.11. The van der Waals surface area contributed by atoms with E-state index in [0.29, 0.717) is 0 Å². The molecule has 0 fully saturated rings. The number of aliphatic imine (C=N–C) groups is 1. The molecular weight excluding hydrogens is 236 g/mol. The fourth-order valence-electron chi connectivity index (χ4n) is 2.47. The first kappa shape index (κ1) is 13.4. The van der Waals surface area contributed by atoms with Crippen molar-refractivity contribution in [2.24, 2.45) is 4.99 Å². The van der Waals surface area contributed by atoms with Crippen LogP contribution in [0.15, 0.2) is 47.7 Å². The van der Waals surface area contributed by atoms with Gasteiger partial charge in [-0.05, 0) is 19.8 Å².